The Kier molecular flexibility index (Phi) is 4.42. The van der Waals surface area contributed by atoms with E-state index in [2.05, 4.69) is 15.5 Å². The molecule has 1 aliphatic rings. The molecule has 4 rings (SSSR count). The van der Waals surface area contributed by atoms with Gasteiger partial charge in [0, 0.05) is 30.6 Å². The van der Waals surface area contributed by atoms with Crippen LogP contribution in [0.15, 0.2) is 53.3 Å². The van der Waals surface area contributed by atoms with Crippen LogP contribution < -0.4 is 10.9 Å². The van der Waals surface area contributed by atoms with E-state index in [-0.39, 0.29) is 17.2 Å². The summed E-state index contributed by atoms with van der Waals surface area (Å²) in [5.74, 6) is -0.245. The molecule has 136 valence electrons. The Labute approximate surface area is 155 Å². The van der Waals surface area contributed by atoms with Crippen LogP contribution in [0.1, 0.15) is 28.9 Å². The zero-order valence-corrected chi connectivity index (χ0v) is 14.6. The molecule has 0 atom stereocenters. The predicted molar refractivity (Wildman–Crippen MR) is 101 cm³/mol. The first-order valence-corrected chi connectivity index (χ1v) is 8.77. The van der Waals surface area contributed by atoms with Gasteiger partial charge in [-0.15, -0.1) is 0 Å². The third kappa shape index (κ3) is 3.44. The van der Waals surface area contributed by atoms with Crippen LogP contribution in [-0.4, -0.2) is 33.5 Å². The van der Waals surface area contributed by atoms with Crippen LogP contribution in [-0.2, 0) is 11.3 Å². The van der Waals surface area contributed by atoms with Gasteiger partial charge in [0.2, 0.25) is 5.91 Å². The molecule has 27 heavy (non-hydrogen) atoms. The number of carbonyl (C=O) groups excluding carboxylic acids is 2. The number of likely N-dealkylation sites (tertiary alicyclic amines) is 1. The third-order valence-corrected chi connectivity index (χ3v) is 4.64. The fourth-order valence-electron chi connectivity index (χ4n) is 3.32. The lowest BCUT2D eigenvalue weighted by Gasteiger charge is -2.16. The number of fused-ring (bicyclic) bond motifs is 1. The maximum atomic E-state index is 12.7. The monoisotopic (exact) mass is 362 g/mol. The molecule has 0 aliphatic carbocycles. The minimum absolute atomic E-state index is 0.158. The van der Waals surface area contributed by atoms with Crippen LogP contribution >= 0.6 is 0 Å². The van der Waals surface area contributed by atoms with Crippen molar-refractivity contribution in [3.63, 3.8) is 0 Å². The number of benzene rings is 2. The molecular weight excluding hydrogens is 344 g/mol. The molecule has 3 aromatic rings. The van der Waals surface area contributed by atoms with E-state index in [4.69, 9.17) is 0 Å². The van der Waals surface area contributed by atoms with Gasteiger partial charge in [-0.05, 0) is 30.2 Å². The largest absolute Gasteiger partial charge is 0.338 e. The maximum absolute atomic E-state index is 12.7. The summed E-state index contributed by atoms with van der Waals surface area (Å²) < 4.78 is 0. The van der Waals surface area contributed by atoms with Crippen molar-refractivity contribution in [2.24, 2.45) is 0 Å². The summed E-state index contributed by atoms with van der Waals surface area (Å²) in [7, 11) is 0. The van der Waals surface area contributed by atoms with Gasteiger partial charge < -0.3 is 10.2 Å². The van der Waals surface area contributed by atoms with Crippen molar-refractivity contribution < 1.29 is 9.59 Å². The quantitative estimate of drug-likeness (QED) is 0.744. The number of carbonyl (C=O) groups is 2. The molecule has 0 spiro atoms. The molecular formula is C20H18N4O3. The minimum Gasteiger partial charge on any atom is -0.338 e. The predicted octanol–water partition coefficient (Wildman–Crippen LogP) is 2.30. The molecule has 2 N–H and O–H groups in total. The minimum atomic E-state index is -0.406. The summed E-state index contributed by atoms with van der Waals surface area (Å²) in [4.78, 5) is 38.2. The molecule has 1 fully saturated rings. The number of aromatic amines is 1. The summed E-state index contributed by atoms with van der Waals surface area (Å²) in [5, 5.41) is 10.0. The van der Waals surface area contributed by atoms with Crippen molar-refractivity contribution in [3.05, 3.63) is 70.1 Å². The molecule has 2 heterocycles. The van der Waals surface area contributed by atoms with E-state index >= 15 is 0 Å². The van der Waals surface area contributed by atoms with Gasteiger partial charge in [-0.2, -0.15) is 5.10 Å². The van der Waals surface area contributed by atoms with Gasteiger partial charge in [-0.25, -0.2) is 5.10 Å². The van der Waals surface area contributed by atoms with Crippen LogP contribution in [0, 0.1) is 0 Å². The lowest BCUT2D eigenvalue weighted by atomic mass is 10.1. The lowest BCUT2D eigenvalue weighted by molar-refractivity contribution is -0.128. The van der Waals surface area contributed by atoms with Crippen molar-refractivity contribution in [3.8, 4) is 0 Å². The van der Waals surface area contributed by atoms with Gasteiger partial charge in [0.1, 0.15) is 0 Å². The summed E-state index contributed by atoms with van der Waals surface area (Å²) in [6.07, 6.45) is 1.49. The van der Waals surface area contributed by atoms with Gasteiger partial charge in [-0.3, -0.25) is 14.4 Å². The number of aromatic nitrogens is 2. The van der Waals surface area contributed by atoms with Gasteiger partial charge in [0.25, 0.3) is 11.5 Å². The molecule has 1 aromatic heterocycles. The van der Waals surface area contributed by atoms with E-state index in [0.29, 0.717) is 29.4 Å². The van der Waals surface area contributed by atoms with E-state index in [1.165, 1.54) is 0 Å². The van der Waals surface area contributed by atoms with E-state index < -0.39 is 5.91 Å². The first-order valence-electron chi connectivity index (χ1n) is 8.77. The van der Waals surface area contributed by atoms with Crippen molar-refractivity contribution >= 4 is 28.3 Å². The highest BCUT2D eigenvalue weighted by molar-refractivity contribution is 6.11. The van der Waals surface area contributed by atoms with Gasteiger partial charge in [0.05, 0.1) is 5.39 Å². The number of amides is 2. The molecule has 0 saturated carbocycles. The second-order valence-electron chi connectivity index (χ2n) is 6.52. The number of hydrogen-bond acceptors (Lipinski definition) is 4. The SMILES string of the molecule is O=C(Nc1cccc(CN2CCCC2=O)c1)c1n[nH]c(=O)c2ccccc12. The topological polar surface area (TPSA) is 95.2 Å². The summed E-state index contributed by atoms with van der Waals surface area (Å²) in [6, 6.07) is 14.2. The van der Waals surface area contributed by atoms with E-state index in [1.807, 2.05) is 23.1 Å². The molecule has 7 heteroatoms. The Bertz CT molecular complexity index is 1090. The Hall–Kier alpha value is -3.48. The molecule has 0 bridgehead atoms. The molecule has 2 aromatic carbocycles. The van der Waals surface area contributed by atoms with Gasteiger partial charge in [0.15, 0.2) is 5.69 Å². The first kappa shape index (κ1) is 17.0. The number of hydrogen-bond donors (Lipinski definition) is 2. The summed E-state index contributed by atoms with van der Waals surface area (Å²) in [5.41, 5.74) is 1.38. The smallest absolute Gasteiger partial charge is 0.276 e. The second kappa shape index (κ2) is 7.03. The maximum Gasteiger partial charge on any atom is 0.276 e. The van der Waals surface area contributed by atoms with Crippen molar-refractivity contribution in [1.29, 1.82) is 0 Å². The third-order valence-electron chi connectivity index (χ3n) is 4.64. The summed E-state index contributed by atoms with van der Waals surface area (Å²) >= 11 is 0. The molecule has 7 nitrogen and oxygen atoms in total. The van der Waals surface area contributed by atoms with Crippen LogP contribution in [0.2, 0.25) is 0 Å². The first-order chi connectivity index (χ1) is 13.1. The van der Waals surface area contributed by atoms with Crippen LogP contribution in [0.3, 0.4) is 0 Å². The number of anilines is 1. The Morgan fingerprint density at radius 1 is 1.11 bits per heavy atom. The van der Waals surface area contributed by atoms with Crippen LogP contribution in [0.5, 0.6) is 0 Å². The lowest BCUT2D eigenvalue weighted by Crippen LogP contribution is -2.24. The zero-order valence-electron chi connectivity index (χ0n) is 14.6. The Morgan fingerprint density at radius 3 is 2.70 bits per heavy atom. The fourth-order valence-corrected chi connectivity index (χ4v) is 3.32. The second-order valence-corrected chi connectivity index (χ2v) is 6.52. The average molecular weight is 362 g/mol. The number of rotatable bonds is 4. The van der Waals surface area contributed by atoms with E-state index in [9.17, 15) is 14.4 Å². The highest BCUT2D eigenvalue weighted by Crippen LogP contribution is 2.19. The number of H-pyrrole nitrogens is 1. The molecule has 0 radical (unpaired) electrons. The fraction of sp³-hybridized carbons (Fsp3) is 0.200. The Morgan fingerprint density at radius 2 is 1.93 bits per heavy atom. The Balaban J connectivity index is 1.57. The zero-order chi connectivity index (χ0) is 18.8. The van der Waals surface area contributed by atoms with Gasteiger partial charge in [-0.1, -0.05) is 30.3 Å². The van der Waals surface area contributed by atoms with Crippen molar-refractivity contribution in [2.75, 3.05) is 11.9 Å². The molecule has 0 unspecified atom stereocenters. The normalized spacial score (nSPS) is 13.9. The average Bonchev–Trinajstić information content (AvgIpc) is 3.07. The van der Waals surface area contributed by atoms with E-state index in [1.54, 1.807) is 30.3 Å². The molecule has 2 amide bonds. The number of nitrogens with zero attached hydrogens (tertiary/aromatic N) is 2. The molecule has 1 saturated heterocycles. The van der Waals surface area contributed by atoms with Crippen molar-refractivity contribution in [2.45, 2.75) is 19.4 Å². The van der Waals surface area contributed by atoms with Crippen LogP contribution in [0.4, 0.5) is 5.69 Å². The van der Waals surface area contributed by atoms with Gasteiger partial charge >= 0.3 is 0 Å². The molecule has 1 aliphatic heterocycles. The standard InChI is InChI=1S/C20H18N4O3/c25-17-9-4-10-24(17)12-13-5-3-6-14(11-13)21-20(27)18-15-7-1-2-8-16(15)19(26)23-22-18/h1-3,5-8,11H,4,9-10,12H2,(H,21,27)(H,23,26). The number of nitrogens with one attached hydrogen (secondary N) is 2. The highest BCUT2D eigenvalue weighted by Gasteiger charge is 2.20. The van der Waals surface area contributed by atoms with E-state index in [0.717, 1.165) is 18.5 Å². The highest BCUT2D eigenvalue weighted by atomic mass is 16.2. The van der Waals surface area contributed by atoms with Crippen molar-refractivity contribution in [1.82, 2.24) is 15.1 Å². The summed E-state index contributed by atoms with van der Waals surface area (Å²) in [6.45, 7) is 1.30. The van der Waals surface area contributed by atoms with Crippen LogP contribution in [0.25, 0.3) is 10.8 Å².